The third kappa shape index (κ3) is 2.75. The van der Waals surface area contributed by atoms with Crippen molar-refractivity contribution in [3.63, 3.8) is 0 Å². The Morgan fingerprint density at radius 1 is 1.09 bits per heavy atom. The highest BCUT2D eigenvalue weighted by Crippen LogP contribution is 2.39. The quantitative estimate of drug-likeness (QED) is 0.355. The van der Waals surface area contributed by atoms with Crippen molar-refractivity contribution in [3.05, 3.63) is 51.5 Å². The first-order chi connectivity index (χ1) is 10.8. The van der Waals surface area contributed by atoms with E-state index in [-0.39, 0.29) is 0 Å². The second kappa shape index (κ2) is 6.19. The van der Waals surface area contributed by atoms with Gasteiger partial charge < -0.3 is 0 Å². The molecule has 5 heteroatoms. The Balaban J connectivity index is 1.65. The molecule has 0 saturated carbocycles. The second-order valence-corrected chi connectivity index (χ2v) is 7.85. The van der Waals surface area contributed by atoms with E-state index < -0.39 is 0 Å². The molecule has 0 fully saturated rings. The fourth-order valence-electron chi connectivity index (χ4n) is 2.88. The number of fused-ring (bicyclic) bond motifs is 3. The molecule has 22 heavy (non-hydrogen) atoms. The minimum Gasteiger partial charge on any atom is -0.211 e. The predicted molar refractivity (Wildman–Crippen MR) is 95.1 cm³/mol. The maximum absolute atomic E-state index is 6.46. The van der Waals surface area contributed by atoms with Crippen LogP contribution < -0.4 is 0 Å². The van der Waals surface area contributed by atoms with E-state index in [0.29, 0.717) is 5.15 Å². The average Bonchev–Trinajstić information content (AvgIpc) is 2.92. The number of hydrogen-bond donors (Lipinski definition) is 0. The molecular weight excluding hydrogens is 332 g/mol. The van der Waals surface area contributed by atoms with E-state index in [1.54, 1.807) is 23.1 Å². The van der Waals surface area contributed by atoms with Crippen molar-refractivity contribution < 1.29 is 0 Å². The van der Waals surface area contributed by atoms with E-state index in [2.05, 4.69) is 29.2 Å². The van der Waals surface area contributed by atoms with Gasteiger partial charge in [-0.2, -0.15) is 0 Å². The summed E-state index contributed by atoms with van der Waals surface area (Å²) in [7, 11) is 0. The zero-order valence-electron chi connectivity index (χ0n) is 12.0. The Morgan fingerprint density at radius 3 is 2.77 bits per heavy atom. The summed E-state index contributed by atoms with van der Waals surface area (Å²) >= 11 is 9.91. The Bertz CT molecular complexity index is 814. The normalized spacial score (nSPS) is 14.2. The molecule has 0 N–H and O–H groups in total. The maximum Gasteiger partial charge on any atom is 0.190 e. The van der Waals surface area contributed by atoms with Crippen LogP contribution in [0.1, 0.15) is 28.8 Å². The van der Waals surface area contributed by atoms with Crippen LogP contribution in [0.3, 0.4) is 0 Å². The largest absolute Gasteiger partial charge is 0.211 e. The van der Waals surface area contributed by atoms with Gasteiger partial charge in [0.05, 0.1) is 5.39 Å². The Labute approximate surface area is 142 Å². The van der Waals surface area contributed by atoms with Gasteiger partial charge in [0, 0.05) is 10.6 Å². The van der Waals surface area contributed by atoms with E-state index in [0.717, 1.165) is 27.5 Å². The molecule has 0 saturated heterocycles. The molecule has 0 radical (unpaired) electrons. The lowest BCUT2D eigenvalue weighted by molar-refractivity contribution is 0.700. The molecule has 0 unspecified atom stereocenters. The van der Waals surface area contributed by atoms with Crippen LogP contribution in [0.4, 0.5) is 0 Å². The van der Waals surface area contributed by atoms with Crippen LogP contribution in [0.15, 0.2) is 35.5 Å². The van der Waals surface area contributed by atoms with Crippen molar-refractivity contribution in [2.45, 2.75) is 36.6 Å². The highest BCUT2D eigenvalue weighted by Gasteiger charge is 2.20. The topological polar surface area (TPSA) is 25.8 Å². The SMILES string of the molecule is Clc1nc(SCc2ccccc2)nc2sc3c(c12)CCCC3. The van der Waals surface area contributed by atoms with Crippen LogP contribution in [-0.4, -0.2) is 9.97 Å². The van der Waals surface area contributed by atoms with Gasteiger partial charge >= 0.3 is 0 Å². The molecule has 2 heterocycles. The molecule has 2 aromatic heterocycles. The summed E-state index contributed by atoms with van der Waals surface area (Å²) in [6.45, 7) is 0. The molecule has 0 amide bonds. The summed E-state index contributed by atoms with van der Waals surface area (Å²) in [6, 6.07) is 10.4. The monoisotopic (exact) mass is 346 g/mol. The number of nitrogens with zero attached hydrogens (tertiary/aromatic N) is 2. The van der Waals surface area contributed by atoms with E-state index in [9.17, 15) is 0 Å². The van der Waals surface area contributed by atoms with Crippen molar-refractivity contribution in [1.82, 2.24) is 9.97 Å². The molecule has 4 rings (SSSR count). The fourth-order valence-corrected chi connectivity index (χ4v) is 5.39. The van der Waals surface area contributed by atoms with Gasteiger partial charge in [0.25, 0.3) is 0 Å². The third-order valence-electron chi connectivity index (χ3n) is 3.96. The number of aromatic nitrogens is 2. The lowest BCUT2D eigenvalue weighted by Crippen LogP contribution is -1.98. The second-order valence-electron chi connectivity index (χ2n) is 5.46. The first-order valence-electron chi connectivity index (χ1n) is 7.46. The highest BCUT2D eigenvalue weighted by molar-refractivity contribution is 7.98. The molecule has 1 aliphatic carbocycles. The molecule has 112 valence electrons. The molecule has 1 aromatic carbocycles. The van der Waals surface area contributed by atoms with Crippen molar-refractivity contribution in [2.75, 3.05) is 0 Å². The van der Waals surface area contributed by atoms with Crippen LogP contribution in [0.25, 0.3) is 10.2 Å². The van der Waals surface area contributed by atoms with Crippen LogP contribution >= 0.6 is 34.7 Å². The minimum atomic E-state index is 0.625. The van der Waals surface area contributed by atoms with E-state index >= 15 is 0 Å². The van der Waals surface area contributed by atoms with Gasteiger partial charge in [-0.3, -0.25) is 0 Å². The molecule has 0 bridgehead atoms. The smallest absolute Gasteiger partial charge is 0.190 e. The van der Waals surface area contributed by atoms with E-state index in [1.807, 2.05) is 6.07 Å². The number of benzene rings is 1. The number of hydrogen-bond acceptors (Lipinski definition) is 4. The molecule has 0 atom stereocenters. The maximum atomic E-state index is 6.46. The Morgan fingerprint density at radius 2 is 1.91 bits per heavy atom. The van der Waals surface area contributed by atoms with Crippen molar-refractivity contribution in [2.24, 2.45) is 0 Å². The first kappa shape index (κ1) is 14.5. The highest BCUT2D eigenvalue weighted by atomic mass is 35.5. The third-order valence-corrected chi connectivity index (χ3v) is 6.34. The van der Waals surface area contributed by atoms with Crippen LogP contribution in [0.5, 0.6) is 0 Å². The number of halogens is 1. The van der Waals surface area contributed by atoms with Gasteiger partial charge in [-0.25, -0.2) is 9.97 Å². The minimum absolute atomic E-state index is 0.625. The van der Waals surface area contributed by atoms with Gasteiger partial charge in [-0.05, 0) is 36.8 Å². The first-order valence-corrected chi connectivity index (χ1v) is 9.64. The van der Waals surface area contributed by atoms with Gasteiger partial charge in [0.1, 0.15) is 9.98 Å². The molecule has 0 spiro atoms. The molecule has 2 nitrogen and oxygen atoms in total. The lowest BCUT2D eigenvalue weighted by atomic mass is 9.97. The molecule has 3 aromatic rings. The van der Waals surface area contributed by atoms with Crippen molar-refractivity contribution in [3.8, 4) is 0 Å². The molecule has 1 aliphatic rings. The van der Waals surface area contributed by atoms with Crippen molar-refractivity contribution >= 4 is 44.9 Å². The predicted octanol–water partition coefficient (Wildman–Crippen LogP) is 5.52. The van der Waals surface area contributed by atoms with E-state index in [4.69, 9.17) is 16.6 Å². The summed E-state index contributed by atoms with van der Waals surface area (Å²) in [5, 5.41) is 2.50. The fraction of sp³-hybridized carbons (Fsp3) is 0.294. The summed E-state index contributed by atoms with van der Waals surface area (Å²) in [5.41, 5.74) is 2.67. The Hall–Kier alpha value is -1.10. The number of rotatable bonds is 3. The number of aryl methyl sites for hydroxylation is 2. The zero-order valence-corrected chi connectivity index (χ0v) is 14.4. The summed E-state index contributed by atoms with van der Waals surface area (Å²) in [6.07, 6.45) is 4.81. The van der Waals surface area contributed by atoms with Gasteiger partial charge in [-0.1, -0.05) is 53.7 Å². The number of thioether (sulfide) groups is 1. The van der Waals surface area contributed by atoms with Crippen LogP contribution in [0, 0.1) is 0 Å². The van der Waals surface area contributed by atoms with Gasteiger partial charge in [-0.15, -0.1) is 11.3 Å². The van der Waals surface area contributed by atoms with E-state index in [1.165, 1.54) is 35.3 Å². The summed E-state index contributed by atoms with van der Waals surface area (Å²) in [4.78, 5) is 11.8. The summed E-state index contributed by atoms with van der Waals surface area (Å²) in [5.74, 6) is 0.869. The summed E-state index contributed by atoms with van der Waals surface area (Å²) < 4.78 is 0. The number of thiophene rings is 1. The standard InChI is InChI=1S/C17H15ClN2S2/c18-15-14-12-8-4-5-9-13(12)22-16(14)20-17(19-15)21-10-11-6-2-1-3-7-11/h1-3,6-7H,4-5,8-10H2. The van der Waals surface area contributed by atoms with Crippen LogP contribution in [-0.2, 0) is 18.6 Å². The lowest BCUT2D eigenvalue weighted by Gasteiger charge is -2.10. The molecule has 0 aliphatic heterocycles. The zero-order chi connectivity index (χ0) is 14.9. The van der Waals surface area contributed by atoms with Crippen molar-refractivity contribution in [1.29, 1.82) is 0 Å². The van der Waals surface area contributed by atoms with Crippen LogP contribution in [0.2, 0.25) is 5.15 Å². The Kier molecular flexibility index (Phi) is 4.07. The molecular formula is C17H15ClN2S2. The average molecular weight is 347 g/mol. The van der Waals surface area contributed by atoms with Gasteiger partial charge in [0.15, 0.2) is 5.16 Å². The van der Waals surface area contributed by atoms with Gasteiger partial charge in [0.2, 0.25) is 0 Å².